The first-order valence-electron chi connectivity index (χ1n) is 4.48. The zero-order chi connectivity index (χ0) is 11.5. The summed E-state index contributed by atoms with van der Waals surface area (Å²) in [7, 11) is 0. The monoisotopic (exact) mass is 234 g/mol. The van der Waals surface area contributed by atoms with E-state index in [1.165, 1.54) is 12.4 Å². The Morgan fingerprint density at radius 2 is 2.06 bits per heavy atom. The minimum atomic E-state index is -0.970. The molecule has 0 aliphatic heterocycles. The van der Waals surface area contributed by atoms with Gasteiger partial charge in [-0.25, -0.2) is 14.8 Å². The maximum absolute atomic E-state index is 10.8. The number of hydrogen-bond acceptors (Lipinski definition) is 3. The number of rotatable bonds is 2. The number of nitrogens with zero attached hydrogens (tertiary/aromatic N) is 2. The maximum atomic E-state index is 10.8. The average Bonchev–Trinajstić information content (AvgIpc) is 2.29. The highest BCUT2D eigenvalue weighted by Gasteiger charge is 2.05. The number of benzene rings is 1. The zero-order valence-corrected chi connectivity index (χ0v) is 8.85. The zero-order valence-electron chi connectivity index (χ0n) is 8.09. The molecule has 0 radical (unpaired) electrons. The van der Waals surface area contributed by atoms with Gasteiger partial charge in [-0.15, -0.1) is 0 Å². The predicted octanol–water partition coefficient (Wildman–Crippen LogP) is 2.50. The van der Waals surface area contributed by atoms with Crippen LogP contribution in [0.25, 0.3) is 11.3 Å². The average molecular weight is 235 g/mol. The van der Waals surface area contributed by atoms with Crippen molar-refractivity contribution in [3.63, 3.8) is 0 Å². The van der Waals surface area contributed by atoms with E-state index in [9.17, 15) is 4.79 Å². The first-order chi connectivity index (χ1) is 7.66. The third kappa shape index (κ3) is 2.17. The summed E-state index contributed by atoms with van der Waals surface area (Å²) in [5.41, 5.74) is 1.51. The first-order valence-corrected chi connectivity index (χ1v) is 4.86. The Bertz CT molecular complexity index is 543. The van der Waals surface area contributed by atoms with E-state index in [-0.39, 0.29) is 5.56 Å². The van der Waals surface area contributed by atoms with Crippen LogP contribution in [0, 0.1) is 0 Å². The second kappa shape index (κ2) is 4.28. The van der Waals surface area contributed by atoms with E-state index in [1.54, 1.807) is 24.3 Å². The lowest BCUT2D eigenvalue weighted by Crippen LogP contribution is -1.96. The van der Waals surface area contributed by atoms with Gasteiger partial charge in [0.25, 0.3) is 0 Å². The number of hydrogen-bond donors (Lipinski definition) is 1. The van der Waals surface area contributed by atoms with E-state index in [1.807, 2.05) is 0 Å². The Kier molecular flexibility index (Phi) is 2.83. The van der Waals surface area contributed by atoms with Crippen LogP contribution in [0.1, 0.15) is 10.4 Å². The Labute approximate surface area is 96.6 Å². The predicted molar refractivity (Wildman–Crippen MR) is 59.4 cm³/mol. The molecule has 2 aromatic rings. The van der Waals surface area contributed by atoms with E-state index in [2.05, 4.69) is 9.97 Å². The number of carboxylic acids is 1. The molecular formula is C11H7ClN2O2. The highest BCUT2D eigenvalue weighted by Crippen LogP contribution is 2.19. The molecule has 1 N–H and O–H groups in total. The van der Waals surface area contributed by atoms with Crippen molar-refractivity contribution < 1.29 is 9.90 Å². The molecule has 0 bridgehead atoms. The standard InChI is InChI=1S/C11H7ClN2O2/c12-10-5-9(13-6-14-10)7-2-1-3-8(4-7)11(15)16/h1-6H,(H,15,16). The molecule has 80 valence electrons. The molecule has 5 heteroatoms. The fraction of sp³-hybridized carbons (Fsp3) is 0. The molecule has 0 saturated heterocycles. The Morgan fingerprint density at radius 1 is 1.25 bits per heavy atom. The van der Waals surface area contributed by atoms with Gasteiger partial charge in [0.05, 0.1) is 11.3 Å². The Hall–Kier alpha value is -1.94. The van der Waals surface area contributed by atoms with Crippen LogP contribution in [0.2, 0.25) is 5.15 Å². The van der Waals surface area contributed by atoms with Crippen LogP contribution in [0.15, 0.2) is 36.7 Å². The molecular weight excluding hydrogens is 228 g/mol. The van der Waals surface area contributed by atoms with E-state index in [0.717, 1.165) is 0 Å². The highest BCUT2D eigenvalue weighted by atomic mass is 35.5. The molecule has 0 fully saturated rings. The van der Waals surface area contributed by atoms with Gasteiger partial charge in [0.2, 0.25) is 0 Å². The summed E-state index contributed by atoms with van der Waals surface area (Å²) in [6.45, 7) is 0. The lowest BCUT2D eigenvalue weighted by atomic mass is 10.1. The molecule has 0 atom stereocenters. The van der Waals surface area contributed by atoms with Gasteiger partial charge in [0, 0.05) is 11.6 Å². The fourth-order valence-corrected chi connectivity index (χ4v) is 1.45. The second-order valence-electron chi connectivity index (χ2n) is 3.11. The number of aromatic nitrogens is 2. The van der Waals surface area contributed by atoms with Crippen molar-refractivity contribution in [3.8, 4) is 11.3 Å². The van der Waals surface area contributed by atoms with Crippen molar-refractivity contribution >= 4 is 17.6 Å². The van der Waals surface area contributed by atoms with Crippen LogP contribution in [0.3, 0.4) is 0 Å². The van der Waals surface area contributed by atoms with Gasteiger partial charge in [-0.3, -0.25) is 0 Å². The summed E-state index contributed by atoms with van der Waals surface area (Å²) in [5, 5.41) is 9.18. The minimum Gasteiger partial charge on any atom is -0.478 e. The Morgan fingerprint density at radius 3 is 2.75 bits per heavy atom. The summed E-state index contributed by atoms with van der Waals surface area (Å²) in [4.78, 5) is 18.6. The van der Waals surface area contributed by atoms with Crippen LogP contribution < -0.4 is 0 Å². The summed E-state index contributed by atoms with van der Waals surface area (Å²) in [5.74, 6) is -0.970. The molecule has 16 heavy (non-hydrogen) atoms. The normalized spacial score (nSPS) is 10.1. The van der Waals surface area contributed by atoms with Crippen LogP contribution in [-0.4, -0.2) is 21.0 Å². The van der Waals surface area contributed by atoms with Crippen molar-refractivity contribution in [2.75, 3.05) is 0 Å². The van der Waals surface area contributed by atoms with E-state index >= 15 is 0 Å². The molecule has 4 nitrogen and oxygen atoms in total. The maximum Gasteiger partial charge on any atom is 0.335 e. The molecule has 1 aromatic heterocycles. The van der Waals surface area contributed by atoms with E-state index < -0.39 is 5.97 Å². The third-order valence-electron chi connectivity index (χ3n) is 2.04. The molecule has 0 aliphatic carbocycles. The number of halogens is 1. The minimum absolute atomic E-state index is 0.215. The molecule has 0 unspecified atom stereocenters. The van der Waals surface area contributed by atoms with Gasteiger partial charge in [-0.1, -0.05) is 23.7 Å². The number of carbonyl (C=O) groups is 1. The van der Waals surface area contributed by atoms with Gasteiger partial charge in [0.1, 0.15) is 11.5 Å². The van der Waals surface area contributed by atoms with Gasteiger partial charge >= 0.3 is 5.97 Å². The van der Waals surface area contributed by atoms with Crippen molar-refractivity contribution in [2.45, 2.75) is 0 Å². The summed E-state index contributed by atoms with van der Waals surface area (Å²) in [6, 6.07) is 8.08. The second-order valence-corrected chi connectivity index (χ2v) is 3.50. The van der Waals surface area contributed by atoms with Crippen molar-refractivity contribution in [1.82, 2.24) is 9.97 Å². The van der Waals surface area contributed by atoms with Gasteiger partial charge in [-0.2, -0.15) is 0 Å². The van der Waals surface area contributed by atoms with Crippen LogP contribution >= 0.6 is 11.6 Å². The molecule has 0 spiro atoms. The number of aromatic carboxylic acids is 1. The van der Waals surface area contributed by atoms with Crippen molar-refractivity contribution in [3.05, 3.63) is 47.4 Å². The quantitative estimate of drug-likeness (QED) is 0.811. The smallest absolute Gasteiger partial charge is 0.335 e. The lowest BCUT2D eigenvalue weighted by molar-refractivity contribution is 0.0697. The molecule has 0 aliphatic rings. The largest absolute Gasteiger partial charge is 0.478 e. The molecule has 0 saturated carbocycles. The Balaban J connectivity index is 2.48. The van der Waals surface area contributed by atoms with Crippen molar-refractivity contribution in [2.24, 2.45) is 0 Å². The summed E-state index contributed by atoms with van der Waals surface area (Å²) in [6.07, 6.45) is 1.34. The third-order valence-corrected chi connectivity index (χ3v) is 2.25. The van der Waals surface area contributed by atoms with Crippen LogP contribution in [-0.2, 0) is 0 Å². The first kappa shape index (κ1) is 10.6. The highest BCUT2D eigenvalue weighted by molar-refractivity contribution is 6.29. The van der Waals surface area contributed by atoms with E-state index in [4.69, 9.17) is 16.7 Å². The topological polar surface area (TPSA) is 63.1 Å². The van der Waals surface area contributed by atoms with Gasteiger partial charge in [-0.05, 0) is 12.1 Å². The molecule has 1 aromatic carbocycles. The van der Waals surface area contributed by atoms with Gasteiger partial charge in [0.15, 0.2) is 0 Å². The van der Waals surface area contributed by atoms with Crippen molar-refractivity contribution in [1.29, 1.82) is 0 Å². The van der Waals surface area contributed by atoms with Crippen LogP contribution in [0.4, 0.5) is 0 Å². The molecule has 1 heterocycles. The SMILES string of the molecule is O=C(O)c1cccc(-c2cc(Cl)ncn2)c1. The van der Waals surface area contributed by atoms with Gasteiger partial charge < -0.3 is 5.11 Å². The van der Waals surface area contributed by atoms with Crippen LogP contribution in [0.5, 0.6) is 0 Å². The fourth-order valence-electron chi connectivity index (χ4n) is 1.30. The summed E-state index contributed by atoms with van der Waals surface area (Å²) >= 11 is 5.73. The number of carboxylic acid groups (broad SMARTS) is 1. The lowest BCUT2D eigenvalue weighted by Gasteiger charge is -2.01. The van der Waals surface area contributed by atoms with E-state index in [0.29, 0.717) is 16.4 Å². The molecule has 2 rings (SSSR count). The molecule has 0 amide bonds. The summed E-state index contributed by atoms with van der Waals surface area (Å²) < 4.78 is 0.